The van der Waals surface area contributed by atoms with Gasteiger partial charge in [0.15, 0.2) is 0 Å². The Morgan fingerprint density at radius 3 is 2.90 bits per heavy atom. The highest BCUT2D eigenvalue weighted by Crippen LogP contribution is 2.24. The van der Waals surface area contributed by atoms with Crippen LogP contribution < -0.4 is 5.32 Å². The Kier molecular flexibility index (Phi) is 5.33. The van der Waals surface area contributed by atoms with Gasteiger partial charge in [0.2, 0.25) is 5.91 Å². The zero-order chi connectivity index (χ0) is 15.4. The minimum absolute atomic E-state index is 0.0609. The van der Waals surface area contributed by atoms with E-state index >= 15 is 0 Å². The maximum absolute atomic E-state index is 12.4. The average molecular weight is 310 g/mol. The quantitative estimate of drug-likeness (QED) is 0.906. The Balaban J connectivity index is 1.96. The van der Waals surface area contributed by atoms with Crippen LogP contribution >= 0.6 is 11.8 Å². The van der Waals surface area contributed by atoms with Crippen LogP contribution in [0.15, 0.2) is 16.7 Å². The molecule has 0 spiro atoms. The molecule has 1 fully saturated rings. The summed E-state index contributed by atoms with van der Waals surface area (Å²) in [6, 6.07) is 1.32. The molecule has 6 heteroatoms. The van der Waals surface area contributed by atoms with Gasteiger partial charge >= 0.3 is 0 Å². The SMILES string of the molecule is Cc1cc(C(=O)N2CSC[C@@H]2C(=O)NCCC(C)C)co1. The molecule has 1 aliphatic heterocycles. The second-order valence-electron chi connectivity index (χ2n) is 5.71. The van der Waals surface area contributed by atoms with Gasteiger partial charge in [-0.15, -0.1) is 11.8 Å². The van der Waals surface area contributed by atoms with E-state index in [4.69, 9.17) is 4.42 Å². The van der Waals surface area contributed by atoms with Crippen LogP contribution in [0, 0.1) is 12.8 Å². The number of hydrogen-bond acceptors (Lipinski definition) is 4. The van der Waals surface area contributed by atoms with Gasteiger partial charge in [0.05, 0.1) is 11.4 Å². The Labute approximate surface area is 129 Å². The van der Waals surface area contributed by atoms with Gasteiger partial charge in [-0.1, -0.05) is 13.8 Å². The molecule has 5 nitrogen and oxygen atoms in total. The molecule has 1 aromatic heterocycles. The zero-order valence-electron chi connectivity index (χ0n) is 12.7. The number of nitrogens with zero attached hydrogens (tertiary/aromatic N) is 1. The number of nitrogens with one attached hydrogen (secondary N) is 1. The lowest BCUT2D eigenvalue weighted by atomic mass is 10.1. The second kappa shape index (κ2) is 7.02. The van der Waals surface area contributed by atoms with E-state index < -0.39 is 0 Å². The summed E-state index contributed by atoms with van der Waals surface area (Å²) in [6.45, 7) is 6.69. The highest BCUT2D eigenvalue weighted by Gasteiger charge is 2.35. The first kappa shape index (κ1) is 15.9. The monoisotopic (exact) mass is 310 g/mol. The molecule has 0 radical (unpaired) electrons. The van der Waals surface area contributed by atoms with Crippen LogP contribution in [0.3, 0.4) is 0 Å². The van der Waals surface area contributed by atoms with E-state index in [9.17, 15) is 9.59 Å². The van der Waals surface area contributed by atoms with Gasteiger partial charge in [0, 0.05) is 12.3 Å². The fourth-order valence-electron chi connectivity index (χ4n) is 2.18. The van der Waals surface area contributed by atoms with E-state index in [0.717, 1.165) is 6.42 Å². The fourth-order valence-corrected chi connectivity index (χ4v) is 3.34. The van der Waals surface area contributed by atoms with Crippen LogP contribution in [-0.4, -0.2) is 40.9 Å². The standard InChI is InChI=1S/C15H22N2O3S/c1-10(2)4-5-16-14(18)13-8-21-9-17(13)15(19)12-6-11(3)20-7-12/h6-7,10,13H,4-5,8-9H2,1-3H3,(H,16,18)/t13-/m1/s1. The van der Waals surface area contributed by atoms with Crippen molar-refractivity contribution < 1.29 is 14.0 Å². The minimum Gasteiger partial charge on any atom is -0.469 e. The lowest BCUT2D eigenvalue weighted by Crippen LogP contribution is -2.47. The Bertz CT molecular complexity index is 513. The van der Waals surface area contributed by atoms with Gasteiger partial charge < -0.3 is 14.6 Å². The zero-order valence-corrected chi connectivity index (χ0v) is 13.5. The van der Waals surface area contributed by atoms with Crippen molar-refractivity contribution in [2.75, 3.05) is 18.2 Å². The van der Waals surface area contributed by atoms with Crippen LogP contribution in [0.1, 0.15) is 36.4 Å². The van der Waals surface area contributed by atoms with Crippen molar-refractivity contribution in [2.24, 2.45) is 5.92 Å². The smallest absolute Gasteiger partial charge is 0.258 e. The molecule has 2 amide bonds. The van der Waals surface area contributed by atoms with Crippen LogP contribution in [0.2, 0.25) is 0 Å². The molecule has 0 aromatic carbocycles. The van der Waals surface area contributed by atoms with Crippen molar-refractivity contribution in [1.82, 2.24) is 10.2 Å². The molecule has 116 valence electrons. The first-order valence-electron chi connectivity index (χ1n) is 7.20. The van der Waals surface area contributed by atoms with Gasteiger partial charge in [-0.3, -0.25) is 9.59 Å². The highest BCUT2D eigenvalue weighted by atomic mass is 32.2. The number of furan rings is 1. The molecular formula is C15H22N2O3S. The van der Waals surface area contributed by atoms with E-state index in [1.807, 2.05) is 0 Å². The number of hydrogen-bond donors (Lipinski definition) is 1. The van der Waals surface area contributed by atoms with Crippen molar-refractivity contribution in [3.63, 3.8) is 0 Å². The van der Waals surface area contributed by atoms with Crippen LogP contribution in [0.5, 0.6) is 0 Å². The largest absolute Gasteiger partial charge is 0.469 e. The molecule has 21 heavy (non-hydrogen) atoms. The van der Waals surface area contributed by atoms with E-state index in [1.54, 1.807) is 29.7 Å². The molecule has 1 saturated heterocycles. The van der Waals surface area contributed by atoms with Gasteiger partial charge in [-0.25, -0.2) is 0 Å². The summed E-state index contributed by atoms with van der Waals surface area (Å²) in [5, 5.41) is 2.93. The third kappa shape index (κ3) is 4.03. The van der Waals surface area contributed by atoms with Crippen LogP contribution in [-0.2, 0) is 4.79 Å². The molecule has 1 N–H and O–H groups in total. The number of rotatable bonds is 5. The molecule has 0 unspecified atom stereocenters. The summed E-state index contributed by atoms with van der Waals surface area (Å²) < 4.78 is 5.18. The van der Waals surface area contributed by atoms with Gasteiger partial charge in [0.1, 0.15) is 18.1 Å². The number of amides is 2. The molecule has 2 rings (SSSR count). The molecule has 0 aliphatic carbocycles. The minimum atomic E-state index is -0.384. The van der Waals surface area contributed by atoms with Crippen LogP contribution in [0.4, 0.5) is 0 Å². The summed E-state index contributed by atoms with van der Waals surface area (Å²) >= 11 is 1.60. The second-order valence-corrected chi connectivity index (χ2v) is 6.71. The summed E-state index contributed by atoms with van der Waals surface area (Å²) in [5.74, 6) is 2.25. The summed E-state index contributed by atoms with van der Waals surface area (Å²) in [5.41, 5.74) is 0.509. The third-order valence-corrected chi connectivity index (χ3v) is 4.46. The molecule has 1 aromatic rings. The topological polar surface area (TPSA) is 62.6 Å². The normalized spacial score (nSPS) is 18.3. The first-order chi connectivity index (χ1) is 9.99. The predicted molar refractivity (Wildman–Crippen MR) is 83.2 cm³/mol. The Hall–Kier alpha value is -1.43. The van der Waals surface area contributed by atoms with E-state index in [0.29, 0.717) is 35.4 Å². The number of aryl methyl sites for hydroxylation is 1. The lowest BCUT2D eigenvalue weighted by molar-refractivity contribution is -0.124. The Morgan fingerprint density at radius 2 is 2.29 bits per heavy atom. The lowest BCUT2D eigenvalue weighted by Gasteiger charge is -2.22. The van der Waals surface area contributed by atoms with Gasteiger partial charge in [-0.2, -0.15) is 0 Å². The number of thioether (sulfide) groups is 1. The molecule has 0 saturated carbocycles. The van der Waals surface area contributed by atoms with Crippen LogP contribution in [0.25, 0.3) is 0 Å². The Morgan fingerprint density at radius 1 is 1.52 bits per heavy atom. The van der Waals surface area contributed by atoms with E-state index in [-0.39, 0.29) is 17.9 Å². The van der Waals surface area contributed by atoms with Gasteiger partial charge in [-0.05, 0) is 25.3 Å². The molecule has 1 atom stereocenters. The maximum atomic E-state index is 12.4. The summed E-state index contributed by atoms with van der Waals surface area (Å²) in [4.78, 5) is 26.3. The average Bonchev–Trinajstić information content (AvgIpc) is 3.05. The fraction of sp³-hybridized carbons (Fsp3) is 0.600. The molecule has 2 heterocycles. The summed E-state index contributed by atoms with van der Waals surface area (Å²) in [6.07, 6.45) is 2.40. The summed E-state index contributed by atoms with van der Waals surface area (Å²) in [7, 11) is 0. The maximum Gasteiger partial charge on any atom is 0.258 e. The van der Waals surface area contributed by atoms with E-state index in [2.05, 4.69) is 19.2 Å². The number of carbonyl (C=O) groups is 2. The third-order valence-electron chi connectivity index (χ3n) is 3.44. The van der Waals surface area contributed by atoms with Crippen molar-refractivity contribution in [2.45, 2.75) is 33.2 Å². The predicted octanol–water partition coefficient (Wildman–Crippen LogP) is 2.27. The first-order valence-corrected chi connectivity index (χ1v) is 8.36. The van der Waals surface area contributed by atoms with E-state index in [1.165, 1.54) is 6.26 Å². The molecule has 0 bridgehead atoms. The molecular weight excluding hydrogens is 288 g/mol. The van der Waals surface area contributed by atoms with Crippen molar-refractivity contribution >= 4 is 23.6 Å². The van der Waals surface area contributed by atoms with Crippen molar-refractivity contribution in [1.29, 1.82) is 0 Å². The van der Waals surface area contributed by atoms with Crippen molar-refractivity contribution in [3.8, 4) is 0 Å². The number of carbonyl (C=O) groups excluding carboxylic acids is 2. The van der Waals surface area contributed by atoms with Crippen molar-refractivity contribution in [3.05, 3.63) is 23.7 Å². The van der Waals surface area contributed by atoms with Gasteiger partial charge in [0.25, 0.3) is 5.91 Å². The molecule has 1 aliphatic rings. The highest BCUT2D eigenvalue weighted by molar-refractivity contribution is 7.99.